The Bertz CT molecular complexity index is 682. The van der Waals surface area contributed by atoms with Crippen LogP contribution in [0.3, 0.4) is 0 Å². The molecule has 0 aromatic heterocycles. The number of nitrogens with one attached hydrogen (secondary N) is 1. The van der Waals surface area contributed by atoms with Gasteiger partial charge in [0.1, 0.15) is 0 Å². The van der Waals surface area contributed by atoms with Crippen molar-refractivity contribution in [1.82, 2.24) is 0 Å². The largest absolute Gasteiger partial charge is 0.385 e. The van der Waals surface area contributed by atoms with Crippen LogP contribution >= 0.6 is 0 Å². The standard InChI is InChI=1S/C17H22N2O2S/c1-3-14-18-15-10-12-17(13-11-15)22(20,21)19(4-2)16-8-6-5-7-9-16/h5-13,18H,3-4,14H2,1-2H3. The van der Waals surface area contributed by atoms with Gasteiger partial charge in [0.2, 0.25) is 0 Å². The summed E-state index contributed by atoms with van der Waals surface area (Å²) in [6.45, 7) is 5.19. The predicted molar refractivity (Wildman–Crippen MR) is 91.9 cm³/mol. The molecule has 0 fully saturated rings. The van der Waals surface area contributed by atoms with Crippen LogP contribution < -0.4 is 9.62 Å². The van der Waals surface area contributed by atoms with Crippen LogP contribution in [0.5, 0.6) is 0 Å². The van der Waals surface area contributed by atoms with Crippen LogP contribution in [-0.4, -0.2) is 21.5 Å². The number of rotatable bonds is 7. The first kappa shape index (κ1) is 16.4. The molecule has 0 unspecified atom stereocenters. The van der Waals surface area contributed by atoms with Crippen LogP contribution in [-0.2, 0) is 10.0 Å². The van der Waals surface area contributed by atoms with Crippen molar-refractivity contribution >= 4 is 21.4 Å². The summed E-state index contributed by atoms with van der Waals surface area (Å²) in [7, 11) is -3.54. The Morgan fingerprint density at radius 3 is 2.14 bits per heavy atom. The van der Waals surface area contributed by atoms with E-state index in [2.05, 4.69) is 12.2 Å². The van der Waals surface area contributed by atoms with Gasteiger partial charge < -0.3 is 5.32 Å². The molecule has 0 aliphatic carbocycles. The van der Waals surface area contributed by atoms with E-state index in [0.717, 1.165) is 18.7 Å². The van der Waals surface area contributed by atoms with Crippen LogP contribution in [0, 0.1) is 0 Å². The lowest BCUT2D eigenvalue weighted by molar-refractivity contribution is 0.592. The van der Waals surface area contributed by atoms with E-state index in [1.807, 2.05) is 25.1 Å². The summed E-state index contributed by atoms with van der Waals surface area (Å²) >= 11 is 0. The molecule has 22 heavy (non-hydrogen) atoms. The second-order valence-corrected chi connectivity index (χ2v) is 6.82. The third-order valence-corrected chi connectivity index (χ3v) is 5.27. The molecule has 5 heteroatoms. The average Bonchev–Trinajstić information content (AvgIpc) is 2.55. The molecule has 0 aliphatic heterocycles. The van der Waals surface area contributed by atoms with Crippen molar-refractivity contribution in [2.45, 2.75) is 25.2 Å². The Labute approximate surface area is 132 Å². The molecule has 4 nitrogen and oxygen atoms in total. The molecule has 2 aromatic rings. The van der Waals surface area contributed by atoms with Crippen molar-refractivity contribution in [3.05, 3.63) is 54.6 Å². The minimum atomic E-state index is -3.54. The third-order valence-electron chi connectivity index (χ3n) is 3.35. The van der Waals surface area contributed by atoms with E-state index in [1.54, 1.807) is 36.4 Å². The normalized spacial score (nSPS) is 11.2. The van der Waals surface area contributed by atoms with Gasteiger partial charge in [-0.25, -0.2) is 8.42 Å². The van der Waals surface area contributed by atoms with E-state index in [-0.39, 0.29) is 0 Å². The Kier molecular flexibility index (Phi) is 5.44. The predicted octanol–water partition coefficient (Wildman–Crippen LogP) is 3.72. The third kappa shape index (κ3) is 3.60. The van der Waals surface area contributed by atoms with Gasteiger partial charge in [0.15, 0.2) is 0 Å². The zero-order valence-electron chi connectivity index (χ0n) is 13.0. The van der Waals surface area contributed by atoms with Crippen molar-refractivity contribution in [3.63, 3.8) is 0 Å². The minimum Gasteiger partial charge on any atom is -0.385 e. The highest BCUT2D eigenvalue weighted by Gasteiger charge is 2.23. The average molecular weight is 318 g/mol. The summed E-state index contributed by atoms with van der Waals surface area (Å²) in [4.78, 5) is 0.306. The summed E-state index contributed by atoms with van der Waals surface area (Å²) in [5.41, 5.74) is 1.61. The maximum absolute atomic E-state index is 12.8. The molecule has 0 saturated heterocycles. The quantitative estimate of drug-likeness (QED) is 0.846. The van der Waals surface area contributed by atoms with Crippen molar-refractivity contribution in [2.24, 2.45) is 0 Å². The van der Waals surface area contributed by atoms with Crippen LogP contribution in [0.25, 0.3) is 0 Å². The van der Waals surface area contributed by atoms with Crippen LogP contribution in [0.2, 0.25) is 0 Å². The van der Waals surface area contributed by atoms with E-state index in [1.165, 1.54) is 4.31 Å². The summed E-state index contributed by atoms with van der Waals surface area (Å²) in [6.07, 6.45) is 1.03. The van der Waals surface area contributed by atoms with Crippen molar-refractivity contribution in [1.29, 1.82) is 0 Å². The van der Waals surface area contributed by atoms with E-state index in [4.69, 9.17) is 0 Å². The fourth-order valence-electron chi connectivity index (χ4n) is 2.23. The SMILES string of the molecule is CCCNc1ccc(S(=O)(=O)N(CC)c2ccccc2)cc1. The van der Waals surface area contributed by atoms with Gasteiger partial charge >= 0.3 is 0 Å². The molecule has 2 aromatic carbocycles. The van der Waals surface area contributed by atoms with Crippen LogP contribution in [0.4, 0.5) is 11.4 Å². The molecule has 1 N–H and O–H groups in total. The lowest BCUT2D eigenvalue weighted by Gasteiger charge is -2.23. The van der Waals surface area contributed by atoms with Gasteiger partial charge in [-0.15, -0.1) is 0 Å². The fourth-order valence-corrected chi connectivity index (χ4v) is 3.70. The van der Waals surface area contributed by atoms with Crippen molar-refractivity contribution < 1.29 is 8.42 Å². The fraction of sp³-hybridized carbons (Fsp3) is 0.294. The molecule has 0 heterocycles. The van der Waals surface area contributed by atoms with E-state index < -0.39 is 10.0 Å². The number of para-hydroxylation sites is 1. The molecule has 0 saturated carbocycles. The molecule has 0 amide bonds. The Balaban J connectivity index is 2.28. The summed E-state index contributed by atoms with van der Waals surface area (Å²) < 4.78 is 27.0. The van der Waals surface area contributed by atoms with Crippen molar-refractivity contribution in [2.75, 3.05) is 22.7 Å². The highest BCUT2D eigenvalue weighted by atomic mass is 32.2. The second-order valence-electron chi connectivity index (χ2n) is 4.96. The van der Waals surface area contributed by atoms with E-state index in [0.29, 0.717) is 17.1 Å². The minimum absolute atomic E-state index is 0.306. The topological polar surface area (TPSA) is 49.4 Å². The number of hydrogen-bond acceptors (Lipinski definition) is 3. The number of hydrogen-bond donors (Lipinski definition) is 1. The molecule has 2 rings (SSSR count). The van der Waals surface area contributed by atoms with Gasteiger partial charge in [0, 0.05) is 18.8 Å². The Morgan fingerprint density at radius 1 is 0.955 bits per heavy atom. The van der Waals surface area contributed by atoms with Gasteiger partial charge in [0.05, 0.1) is 10.6 Å². The lowest BCUT2D eigenvalue weighted by Crippen LogP contribution is -2.30. The number of nitrogens with zero attached hydrogens (tertiary/aromatic N) is 1. The van der Waals surface area contributed by atoms with E-state index >= 15 is 0 Å². The Morgan fingerprint density at radius 2 is 1.59 bits per heavy atom. The van der Waals surface area contributed by atoms with Gasteiger partial charge in [0.25, 0.3) is 10.0 Å². The summed E-state index contributed by atoms with van der Waals surface area (Å²) in [5.74, 6) is 0. The molecule has 0 radical (unpaired) electrons. The van der Waals surface area contributed by atoms with Gasteiger partial charge in [-0.3, -0.25) is 4.31 Å². The van der Waals surface area contributed by atoms with E-state index in [9.17, 15) is 8.42 Å². The Hall–Kier alpha value is -2.01. The molecule has 0 atom stereocenters. The monoisotopic (exact) mass is 318 g/mol. The smallest absolute Gasteiger partial charge is 0.264 e. The van der Waals surface area contributed by atoms with Gasteiger partial charge in [-0.05, 0) is 49.7 Å². The van der Waals surface area contributed by atoms with Crippen LogP contribution in [0.1, 0.15) is 20.3 Å². The first-order valence-corrected chi connectivity index (χ1v) is 8.95. The molecule has 118 valence electrons. The number of benzene rings is 2. The zero-order valence-corrected chi connectivity index (χ0v) is 13.8. The number of sulfonamides is 1. The van der Waals surface area contributed by atoms with Crippen LogP contribution in [0.15, 0.2) is 59.5 Å². The van der Waals surface area contributed by atoms with Crippen molar-refractivity contribution in [3.8, 4) is 0 Å². The summed E-state index contributed by atoms with van der Waals surface area (Å²) in [5, 5.41) is 3.24. The lowest BCUT2D eigenvalue weighted by atomic mass is 10.3. The van der Waals surface area contributed by atoms with Gasteiger partial charge in [-0.2, -0.15) is 0 Å². The molecule has 0 spiro atoms. The maximum atomic E-state index is 12.8. The molecular weight excluding hydrogens is 296 g/mol. The first-order chi connectivity index (χ1) is 10.6. The maximum Gasteiger partial charge on any atom is 0.264 e. The number of anilines is 2. The molecule has 0 aliphatic rings. The first-order valence-electron chi connectivity index (χ1n) is 7.51. The van der Waals surface area contributed by atoms with Gasteiger partial charge in [-0.1, -0.05) is 25.1 Å². The molecule has 0 bridgehead atoms. The zero-order chi connectivity index (χ0) is 16.0. The summed E-state index contributed by atoms with van der Waals surface area (Å²) in [6, 6.07) is 16.1. The molecular formula is C17H22N2O2S. The second kappa shape index (κ2) is 7.31. The highest BCUT2D eigenvalue weighted by Crippen LogP contribution is 2.24. The highest BCUT2D eigenvalue weighted by molar-refractivity contribution is 7.92.